The summed E-state index contributed by atoms with van der Waals surface area (Å²) in [5, 5.41) is 0. The summed E-state index contributed by atoms with van der Waals surface area (Å²) in [5.41, 5.74) is 2.08. The summed E-state index contributed by atoms with van der Waals surface area (Å²) < 4.78 is 13.3. The van der Waals surface area contributed by atoms with Gasteiger partial charge in [0.15, 0.2) is 0 Å². The van der Waals surface area contributed by atoms with Gasteiger partial charge in [0, 0.05) is 12.3 Å². The molecule has 2 atom stereocenters. The number of aryl methyl sites for hydroxylation is 1. The SMILES string of the molecule is CCC1CCC(=O)C(Cc2cc(F)ccc2C)C1. The second-order valence-corrected chi connectivity index (χ2v) is 5.49. The van der Waals surface area contributed by atoms with Crippen molar-refractivity contribution in [3.8, 4) is 0 Å². The average molecular weight is 248 g/mol. The predicted molar refractivity (Wildman–Crippen MR) is 71.0 cm³/mol. The van der Waals surface area contributed by atoms with Crippen LogP contribution in [0.5, 0.6) is 0 Å². The van der Waals surface area contributed by atoms with Gasteiger partial charge in [-0.2, -0.15) is 0 Å². The highest BCUT2D eigenvalue weighted by Gasteiger charge is 2.28. The number of hydrogen-bond acceptors (Lipinski definition) is 1. The Labute approximate surface area is 108 Å². The Morgan fingerprint density at radius 2 is 2.17 bits per heavy atom. The first-order valence-corrected chi connectivity index (χ1v) is 6.88. The van der Waals surface area contributed by atoms with Crippen LogP contribution in [0.1, 0.15) is 43.7 Å². The first-order valence-electron chi connectivity index (χ1n) is 6.88. The van der Waals surface area contributed by atoms with Gasteiger partial charge >= 0.3 is 0 Å². The summed E-state index contributed by atoms with van der Waals surface area (Å²) in [6.45, 7) is 4.17. The number of halogens is 1. The van der Waals surface area contributed by atoms with Gasteiger partial charge in [-0.15, -0.1) is 0 Å². The fraction of sp³-hybridized carbons (Fsp3) is 0.562. The molecule has 1 aliphatic carbocycles. The van der Waals surface area contributed by atoms with Crippen LogP contribution in [-0.4, -0.2) is 5.78 Å². The topological polar surface area (TPSA) is 17.1 Å². The third kappa shape index (κ3) is 2.98. The molecule has 1 saturated carbocycles. The lowest BCUT2D eigenvalue weighted by Crippen LogP contribution is -2.26. The molecule has 18 heavy (non-hydrogen) atoms. The maximum absolute atomic E-state index is 13.3. The third-order valence-corrected chi connectivity index (χ3v) is 4.23. The van der Waals surface area contributed by atoms with Gasteiger partial charge in [0.05, 0.1) is 0 Å². The Morgan fingerprint density at radius 3 is 2.89 bits per heavy atom. The van der Waals surface area contributed by atoms with Gasteiger partial charge in [0.25, 0.3) is 0 Å². The summed E-state index contributed by atoms with van der Waals surface area (Å²) in [6, 6.07) is 4.86. The summed E-state index contributed by atoms with van der Waals surface area (Å²) in [6.07, 6.45) is 4.57. The zero-order valence-electron chi connectivity index (χ0n) is 11.2. The standard InChI is InChI=1S/C16H21FO/c1-3-12-5-7-16(18)14(8-12)9-13-10-15(17)6-4-11(13)2/h4,6,10,12,14H,3,5,7-9H2,1-2H3. The van der Waals surface area contributed by atoms with Gasteiger partial charge in [-0.3, -0.25) is 4.79 Å². The molecular weight excluding hydrogens is 227 g/mol. The number of rotatable bonds is 3. The van der Waals surface area contributed by atoms with Crippen LogP contribution in [-0.2, 0) is 11.2 Å². The number of Topliss-reactive ketones (excluding diaryl/α,β-unsaturated/α-hetero) is 1. The quantitative estimate of drug-likeness (QED) is 0.788. The molecule has 0 N–H and O–H groups in total. The minimum Gasteiger partial charge on any atom is -0.299 e. The van der Waals surface area contributed by atoms with Crippen LogP contribution in [0, 0.1) is 24.6 Å². The van der Waals surface area contributed by atoms with Crippen LogP contribution < -0.4 is 0 Å². The lowest BCUT2D eigenvalue weighted by Gasteiger charge is -2.27. The summed E-state index contributed by atoms with van der Waals surface area (Å²) >= 11 is 0. The highest BCUT2D eigenvalue weighted by atomic mass is 19.1. The van der Waals surface area contributed by atoms with E-state index in [9.17, 15) is 9.18 Å². The van der Waals surface area contributed by atoms with Gasteiger partial charge in [-0.25, -0.2) is 4.39 Å². The van der Waals surface area contributed by atoms with Crippen LogP contribution >= 0.6 is 0 Å². The van der Waals surface area contributed by atoms with E-state index < -0.39 is 0 Å². The van der Waals surface area contributed by atoms with Crippen LogP contribution in [0.4, 0.5) is 4.39 Å². The Kier molecular flexibility index (Phi) is 4.15. The Bertz CT molecular complexity index is 439. The fourth-order valence-electron chi connectivity index (χ4n) is 2.90. The zero-order chi connectivity index (χ0) is 13.1. The van der Waals surface area contributed by atoms with Crippen molar-refractivity contribution in [1.29, 1.82) is 0 Å². The van der Waals surface area contributed by atoms with Crippen molar-refractivity contribution < 1.29 is 9.18 Å². The van der Waals surface area contributed by atoms with Crippen LogP contribution in [0.15, 0.2) is 18.2 Å². The minimum atomic E-state index is -0.203. The van der Waals surface area contributed by atoms with Crippen molar-refractivity contribution in [2.24, 2.45) is 11.8 Å². The van der Waals surface area contributed by atoms with Crippen LogP contribution in [0.2, 0.25) is 0 Å². The Morgan fingerprint density at radius 1 is 1.39 bits per heavy atom. The van der Waals surface area contributed by atoms with E-state index >= 15 is 0 Å². The van der Waals surface area contributed by atoms with Crippen LogP contribution in [0.25, 0.3) is 0 Å². The number of hydrogen-bond donors (Lipinski definition) is 0. The van der Waals surface area contributed by atoms with Gasteiger partial charge < -0.3 is 0 Å². The van der Waals surface area contributed by atoms with Crippen molar-refractivity contribution in [1.82, 2.24) is 0 Å². The van der Waals surface area contributed by atoms with Gasteiger partial charge in [0.2, 0.25) is 0 Å². The second-order valence-electron chi connectivity index (χ2n) is 5.49. The van der Waals surface area contributed by atoms with E-state index in [1.165, 1.54) is 6.07 Å². The maximum Gasteiger partial charge on any atom is 0.136 e. The molecular formula is C16H21FO. The van der Waals surface area contributed by atoms with Crippen molar-refractivity contribution in [3.05, 3.63) is 35.1 Å². The Hall–Kier alpha value is -1.18. The van der Waals surface area contributed by atoms with Crippen molar-refractivity contribution in [3.63, 3.8) is 0 Å². The Balaban J connectivity index is 2.11. The molecule has 98 valence electrons. The fourth-order valence-corrected chi connectivity index (χ4v) is 2.90. The molecule has 1 fully saturated rings. The first kappa shape index (κ1) is 13.3. The largest absolute Gasteiger partial charge is 0.299 e. The van der Waals surface area contributed by atoms with E-state index in [1.807, 2.05) is 6.92 Å². The molecule has 1 aliphatic rings. The van der Waals surface area contributed by atoms with Crippen molar-refractivity contribution in [2.75, 3.05) is 0 Å². The van der Waals surface area contributed by atoms with E-state index in [0.717, 1.165) is 30.4 Å². The minimum absolute atomic E-state index is 0.101. The number of carbonyl (C=O) groups is 1. The molecule has 0 heterocycles. The van der Waals surface area contributed by atoms with E-state index in [4.69, 9.17) is 0 Å². The number of ketones is 1. The highest BCUT2D eigenvalue weighted by molar-refractivity contribution is 5.82. The van der Waals surface area contributed by atoms with E-state index in [2.05, 4.69) is 6.92 Å². The first-order chi connectivity index (χ1) is 8.60. The molecule has 0 bridgehead atoms. The molecule has 0 saturated heterocycles. The van der Waals surface area contributed by atoms with Gasteiger partial charge in [-0.1, -0.05) is 19.4 Å². The highest BCUT2D eigenvalue weighted by Crippen LogP contribution is 2.31. The van der Waals surface area contributed by atoms with Gasteiger partial charge in [-0.05, 0) is 55.4 Å². The molecule has 1 aromatic rings. The molecule has 0 aliphatic heterocycles. The lowest BCUT2D eigenvalue weighted by atomic mass is 9.76. The average Bonchev–Trinajstić information content (AvgIpc) is 2.36. The predicted octanol–water partition coefficient (Wildman–Crippen LogP) is 4.07. The zero-order valence-corrected chi connectivity index (χ0v) is 11.2. The molecule has 2 unspecified atom stereocenters. The second kappa shape index (κ2) is 5.64. The molecule has 0 spiro atoms. The molecule has 0 aromatic heterocycles. The van der Waals surface area contributed by atoms with E-state index in [0.29, 0.717) is 24.5 Å². The smallest absolute Gasteiger partial charge is 0.136 e. The lowest BCUT2D eigenvalue weighted by molar-refractivity contribution is -0.125. The van der Waals surface area contributed by atoms with Crippen LogP contribution in [0.3, 0.4) is 0 Å². The molecule has 1 nitrogen and oxygen atoms in total. The van der Waals surface area contributed by atoms with Crippen molar-refractivity contribution >= 4 is 5.78 Å². The molecule has 2 rings (SSSR count). The van der Waals surface area contributed by atoms with Gasteiger partial charge in [0.1, 0.15) is 11.6 Å². The number of benzene rings is 1. The van der Waals surface area contributed by atoms with Crippen molar-refractivity contribution in [2.45, 2.75) is 46.0 Å². The normalized spacial score (nSPS) is 24.3. The molecule has 2 heteroatoms. The summed E-state index contributed by atoms with van der Waals surface area (Å²) in [5.74, 6) is 0.931. The summed E-state index contributed by atoms with van der Waals surface area (Å²) in [7, 11) is 0. The maximum atomic E-state index is 13.3. The van der Waals surface area contributed by atoms with E-state index in [1.54, 1.807) is 12.1 Å². The summed E-state index contributed by atoms with van der Waals surface area (Å²) in [4.78, 5) is 12.0. The third-order valence-electron chi connectivity index (χ3n) is 4.23. The molecule has 0 amide bonds. The number of carbonyl (C=O) groups excluding carboxylic acids is 1. The van der Waals surface area contributed by atoms with E-state index in [-0.39, 0.29) is 11.7 Å². The molecule has 1 aromatic carbocycles. The monoisotopic (exact) mass is 248 g/mol. The molecule has 0 radical (unpaired) electrons.